The van der Waals surface area contributed by atoms with E-state index in [-0.39, 0.29) is 11.9 Å². The van der Waals surface area contributed by atoms with Crippen molar-refractivity contribution in [2.45, 2.75) is 46.6 Å². The van der Waals surface area contributed by atoms with Gasteiger partial charge in [-0.25, -0.2) is 4.79 Å². The van der Waals surface area contributed by atoms with Crippen molar-refractivity contribution in [3.8, 4) is 5.75 Å². The summed E-state index contributed by atoms with van der Waals surface area (Å²) in [6.45, 7) is 10.3. The molecule has 1 atom stereocenters. The molecule has 29 heavy (non-hydrogen) atoms. The molecule has 0 radical (unpaired) electrons. The van der Waals surface area contributed by atoms with E-state index in [2.05, 4.69) is 24.5 Å². The molecule has 3 amide bonds. The van der Waals surface area contributed by atoms with Crippen molar-refractivity contribution in [2.24, 2.45) is 0 Å². The van der Waals surface area contributed by atoms with Crippen molar-refractivity contribution in [2.75, 3.05) is 23.8 Å². The van der Waals surface area contributed by atoms with E-state index in [9.17, 15) is 9.59 Å². The maximum atomic E-state index is 12.7. The molecule has 6 heteroatoms. The van der Waals surface area contributed by atoms with Gasteiger partial charge in [0.05, 0.1) is 0 Å². The molecule has 0 bridgehead atoms. The zero-order valence-corrected chi connectivity index (χ0v) is 18.1. The van der Waals surface area contributed by atoms with E-state index in [0.29, 0.717) is 23.8 Å². The van der Waals surface area contributed by atoms with E-state index in [1.54, 1.807) is 32.2 Å². The second-order valence-electron chi connectivity index (χ2n) is 7.39. The van der Waals surface area contributed by atoms with Gasteiger partial charge in [-0.3, -0.25) is 9.69 Å². The van der Waals surface area contributed by atoms with Gasteiger partial charge in [0.1, 0.15) is 5.75 Å². The van der Waals surface area contributed by atoms with Gasteiger partial charge in [0, 0.05) is 25.0 Å². The number of carbonyl (C=O) groups excluding carboxylic acids is 2. The van der Waals surface area contributed by atoms with E-state index >= 15 is 0 Å². The van der Waals surface area contributed by atoms with Crippen molar-refractivity contribution in [1.82, 2.24) is 5.32 Å². The topological polar surface area (TPSA) is 70.7 Å². The van der Waals surface area contributed by atoms with Crippen LogP contribution in [0.15, 0.2) is 42.5 Å². The summed E-state index contributed by atoms with van der Waals surface area (Å²) in [5.41, 5.74) is 3.44. The van der Waals surface area contributed by atoms with Crippen molar-refractivity contribution >= 4 is 23.3 Å². The minimum atomic E-state index is -0.668. The largest absolute Gasteiger partial charge is 0.481 e. The van der Waals surface area contributed by atoms with Crippen LogP contribution in [0.25, 0.3) is 0 Å². The number of urea groups is 1. The fourth-order valence-corrected chi connectivity index (χ4v) is 2.89. The Morgan fingerprint density at radius 2 is 1.83 bits per heavy atom. The van der Waals surface area contributed by atoms with Crippen LogP contribution >= 0.6 is 0 Å². The van der Waals surface area contributed by atoms with E-state index in [0.717, 1.165) is 16.9 Å². The van der Waals surface area contributed by atoms with Crippen molar-refractivity contribution in [3.05, 3.63) is 53.6 Å². The van der Waals surface area contributed by atoms with Crippen LogP contribution in [0.2, 0.25) is 0 Å². The number of aryl methyl sites for hydroxylation is 1. The smallest absolute Gasteiger partial charge is 0.321 e. The molecular formula is C23H31N3O3. The predicted octanol–water partition coefficient (Wildman–Crippen LogP) is 4.69. The van der Waals surface area contributed by atoms with Crippen LogP contribution in [0.5, 0.6) is 5.75 Å². The van der Waals surface area contributed by atoms with Gasteiger partial charge in [0.2, 0.25) is 0 Å². The molecular weight excluding hydrogens is 366 g/mol. The number of carbonyl (C=O) groups is 2. The fourth-order valence-electron chi connectivity index (χ4n) is 2.89. The Bertz CT molecular complexity index is 864. The van der Waals surface area contributed by atoms with Gasteiger partial charge in [0.25, 0.3) is 5.91 Å². The minimum absolute atomic E-state index is 0.201. The maximum absolute atomic E-state index is 12.7. The molecule has 0 aliphatic heterocycles. The number of amides is 3. The normalized spacial score (nSPS) is 11.7. The molecule has 2 aromatic rings. The van der Waals surface area contributed by atoms with Crippen LogP contribution < -0.4 is 20.3 Å². The summed E-state index contributed by atoms with van der Waals surface area (Å²) in [4.78, 5) is 26.2. The molecule has 2 rings (SSSR count). The van der Waals surface area contributed by atoms with Gasteiger partial charge < -0.3 is 15.4 Å². The minimum Gasteiger partial charge on any atom is -0.481 e. The first kappa shape index (κ1) is 22.3. The second-order valence-corrected chi connectivity index (χ2v) is 7.39. The SMILES string of the molecule is CCNC(=O)N(C)c1cccc(NC(=O)C(C)Oc2cc(C)ccc2C(C)C)c1. The molecule has 0 aliphatic rings. The molecule has 0 spiro atoms. The molecule has 156 valence electrons. The standard InChI is InChI=1S/C23H31N3O3/c1-7-24-23(28)26(6)19-10-8-9-18(14-19)25-22(27)17(5)29-21-13-16(4)11-12-20(21)15(2)3/h8-15,17H,7H2,1-6H3,(H,24,28)(H,25,27). The fraction of sp³-hybridized carbons (Fsp3) is 0.391. The lowest BCUT2D eigenvalue weighted by atomic mass is 10.0. The number of nitrogens with zero attached hydrogens (tertiary/aromatic N) is 1. The second kappa shape index (κ2) is 9.96. The molecule has 2 aromatic carbocycles. The molecule has 0 aromatic heterocycles. The summed E-state index contributed by atoms with van der Waals surface area (Å²) >= 11 is 0. The Kier molecular flexibility index (Phi) is 7.65. The Morgan fingerprint density at radius 1 is 1.10 bits per heavy atom. The van der Waals surface area contributed by atoms with Gasteiger partial charge >= 0.3 is 6.03 Å². The number of hydrogen-bond donors (Lipinski definition) is 2. The van der Waals surface area contributed by atoms with Crippen LogP contribution in [-0.2, 0) is 4.79 Å². The molecule has 0 saturated carbocycles. The van der Waals surface area contributed by atoms with Gasteiger partial charge in [-0.15, -0.1) is 0 Å². The monoisotopic (exact) mass is 397 g/mol. The van der Waals surface area contributed by atoms with Crippen molar-refractivity contribution in [1.29, 1.82) is 0 Å². The predicted molar refractivity (Wildman–Crippen MR) is 118 cm³/mol. The molecule has 6 nitrogen and oxygen atoms in total. The number of benzene rings is 2. The van der Waals surface area contributed by atoms with E-state index in [1.165, 1.54) is 4.90 Å². The summed E-state index contributed by atoms with van der Waals surface area (Å²) in [5.74, 6) is 0.772. The third-order valence-electron chi connectivity index (χ3n) is 4.60. The lowest BCUT2D eigenvalue weighted by Crippen LogP contribution is -2.37. The number of hydrogen-bond acceptors (Lipinski definition) is 3. The van der Waals surface area contributed by atoms with E-state index in [4.69, 9.17) is 4.74 Å². The number of rotatable bonds is 7. The third-order valence-corrected chi connectivity index (χ3v) is 4.60. The molecule has 0 aliphatic carbocycles. The molecule has 2 N–H and O–H groups in total. The number of ether oxygens (including phenoxy) is 1. The van der Waals surface area contributed by atoms with Gasteiger partial charge in [-0.1, -0.05) is 32.0 Å². The Morgan fingerprint density at radius 3 is 2.48 bits per heavy atom. The summed E-state index contributed by atoms with van der Waals surface area (Å²) in [7, 11) is 1.68. The first-order valence-corrected chi connectivity index (χ1v) is 9.92. The Labute approximate surface area is 173 Å². The average Bonchev–Trinajstić information content (AvgIpc) is 2.67. The summed E-state index contributed by atoms with van der Waals surface area (Å²) in [6, 6.07) is 13.0. The Balaban J connectivity index is 2.10. The molecule has 0 heterocycles. The number of nitrogens with one attached hydrogen (secondary N) is 2. The van der Waals surface area contributed by atoms with Crippen molar-refractivity contribution < 1.29 is 14.3 Å². The summed E-state index contributed by atoms with van der Waals surface area (Å²) in [5, 5.41) is 5.62. The van der Waals surface area contributed by atoms with Crippen molar-refractivity contribution in [3.63, 3.8) is 0 Å². The molecule has 0 fully saturated rings. The zero-order valence-electron chi connectivity index (χ0n) is 18.1. The van der Waals surface area contributed by atoms with Crippen LogP contribution in [-0.4, -0.2) is 31.6 Å². The van der Waals surface area contributed by atoms with Crippen LogP contribution in [0, 0.1) is 6.92 Å². The maximum Gasteiger partial charge on any atom is 0.321 e. The highest BCUT2D eigenvalue weighted by atomic mass is 16.5. The first-order valence-electron chi connectivity index (χ1n) is 9.92. The highest BCUT2D eigenvalue weighted by Crippen LogP contribution is 2.28. The van der Waals surface area contributed by atoms with Gasteiger partial charge in [-0.2, -0.15) is 0 Å². The first-order chi connectivity index (χ1) is 13.7. The molecule has 1 unspecified atom stereocenters. The highest BCUT2D eigenvalue weighted by molar-refractivity contribution is 5.96. The Hall–Kier alpha value is -3.02. The number of anilines is 2. The zero-order chi connectivity index (χ0) is 21.6. The summed E-state index contributed by atoms with van der Waals surface area (Å²) < 4.78 is 5.98. The average molecular weight is 398 g/mol. The summed E-state index contributed by atoms with van der Waals surface area (Å²) in [6.07, 6.45) is -0.668. The van der Waals surface area contributed by atoms with Gasteiger partial charge in [0.15, 0.2) is 6.10 Å². The third kappa shape index (κ3) is 5.98. The molecule has 0 saturated heterocycles. The van der Waals surface area contributed by atoms with Gasteiger partial charge in [-0.05, 0) is 62.1 Å². The lowest BCUT2D eigenvalue weighted by molar-refractivity contribution is -0.122. The van der Waals surface area contributed by atoms with E-state index < -0.39 is 6.10 Å². The quantitative estimate of drug-likeness (QED) is 0.712. The van der Waals surface area contributed by atoms with Crippen LogP contribution in [0.3, 0.4) is 0 Å². The van der Waals surface area contributed by atoms with E-state index in [1.807, 2.05) is 38.1 Å². The van der Waals surface area contributed by atoms with Crippen LogP contribution in [0.4, 0.5) is 16.2 Å². The highest BCUT2D eigenvalue weighted by Gasteiger charge is 2.18. The van der Waals surface area contributed by atoms with Crippen LogP contribution in [0.1, 0.15) is 44.7 Å². The lowest BCUT2D eigenvalue weighted by Gasteiger charge is -2.20.